The van der Waals surface area contributed by atoms with Gasteiger partial charge in [0.2, 0.25) is 5.91 Å². The highest BCUT2D eigenvalue weighted by Gasteiger charge is 2.37. The highest BCUT2D eigenvalue weighted by atomic mass is 16.2. The summed E-state index contributed by atoms with van der Waals surface area (Å²) in [6.45, 7) is 7.78. The molecule has 0 aromatic carbocycles. The largest absolute Gasteiger partial charge is 0.345 e. The Bertz CT molecular complexity index is 223. The van der Waals surface area contributed by atoms with Crippen molar-refractivity contribution in [2.75, 3.05) is 20.1 Å². The lowest BCUT2D eigenvalue weighted by Gasteiger charge is -2.35. The van der Waals surface area contributed by atoms with Crippen molar-refractivity contribution in [2.45, 2.75) is 65.7 Å². The summed E-state index contributed by atoms with van der Waals surface area (Å²) >= 11 is 0. The van der Waals surface area contributed by atoms with Crippen molar-refractivity contribution in [2.24, 2.45) is 11.1 Å². The minimum Gasteiger partial charge on any atom is -0.345 e. The number of rotatable bonds is 10. The van der Waals surface area contributed by atoms with Gasteiger partial charge < -0.3 is 10.6 Å². The van der Waals surface area contributed by atoms with Crippen LogP contribution in [0, 0.1) is 5.41 Å². The molecule has 0 unspecified atom stereocenters. The third kappa shape index (κ3) is 4.97. The van der Waals surface area contributed by atoms with Gasteiger partial charge in [0.25, 0.3) is 0 Å². The molecule has 3 heteroatoms. The van der Waals surface area contributed by atoms with Gasteiger partial charge in [-0.15, -0.1) is 0 Å². The van der Waals surface area contributed by atoms with Crippen LogP contribution in [0.15, 0.2) is 0 Å². The molecule has 0 aromatic heterocycles. The van der Waals surface area contributed by atoms with Crippen LogP contribution in [0.3, 0.4) is 0 Å². The van der Waals surface area contributed by atoms with Crippen molar-refractivity contribution in [3.05, 3.63) is 0 Å². The van der Waals surface area contributed by atoms with E-state index in [4.69, 9.17) is 5.73 Å². The van der Waals surface area contributed by atoms with Crippen molar-refractivity contribution >= 4 is 5.91 Å². The SMILES string of the molecule is CCCCCN(C)C(=O)C(CN)(CCC)CCC. The molecule has 0 aromatic rings. The third-order valence-corrected chi connectivity index (χ3v) is 3.75. The molecule has 0 atom stereocenters. The van der Waals surface area contributed by atoms with E-state index in [2.05, 4.69) is 20.8 Å². The average Bonchev–Trinajstić information content (AvgIpc) is 2.37. The van der Waals surface area contributed by atoms with Gasteiger partial charge in [-0.05, 0) is 19.3 Å². The van der Waals surface area contributed by atoms with Crippen LogP contribution in [0.2, 0.25) is 0 Å². The number of hydrogen-bond acceptors (Lipinski definition) is 2. The van der Waals surface area contributed by atoms with E-state index in [0.717, 1.165) is 38.6 Å². The Labute approximate surface area is 113 Å². The van der Waals surface area contributed by atoms with Crippen LogP contribution in [0.5, 0.6) is 0 Å². The summed E-state index contributed by atoms with van der Waals surface area (Å²) in [5.74, 6) is 0.254. The maximum atomic E-state index is 12.6. The number of carbonyl (C=O) groups excluding carboxylic acids is 1. The van der Waals surface area contributed by atoms with Gasteiger partial charge in [0.15, 0.2) is 0 Å². The van der Waals surface area contributed by atoms with E-state index in [1.165, 1.54) is 12.8 Å². The number of amides is 1. The fourth-order valence-electron chi connectivity index (χ4n) is 2.69. The lowest BCUT2D eigenvalue weighted by Crippen LogP contribution is -2.47. The molecule has 2 N–H and O–H groups in total. The van der Waals surface area contributed by atoms with Gasteiger partial charge in [0, 0.05) is 20.1 Å². The van der Waals surface area contributed by atoms with E-state index in [9.17, 15) is 4.79 Å². The molecule has 0 bridgehead atoms. The van der Waals surface area contributed by atoms with Crippen LogP contribution in [-0.2, 0) is 4.79 Å². The fourth-order valence-corrected chi connectivity index (χ4v) is 2.69. The molecule has 18 heavy (non-hydrogen) atoms. The second-order valence-corrected chi connectivity index (χ2v) is 5.42. The summed E-state index contributed by atoms with van der Waals surface area (Å²) in [6, 6.07) is 0. The van der Waals surface area contributed by atoms with Crippen LogP contribution in [0.25, 0.3) is 0 Å². The van der Waals surface area contributed by atoms with E-state index in [0.29, 0.717) is 6.54 Å². The average molecular weight is 256 g/mol. The quantitative estimate of drug-likeness (QED) is 0.610. The summed E-state index contributed by atoms with van der Waals surface area (Å²) < 4.78 is 0. The molecule has 0 aliphatic rings. The lowest BCUT2D eigenvalue weighted by atomic mass is 9.78. The Morgan fingerprint density at radius 2 is 1.61 bits per heavy atom. The second-order valence-electron chi connectivity index (χ2n) is 5.42. The van der Waals surface area contributed by atoms with Crippen molar-refractivity contribution in [1.82, 2.24) is 4.90 Å². The Morgan fingerprint density at radius 3 is 2.00 bits per heavy atom. The first kappa shape index (κ1) is 17.4. The van der Waals surface area contributed by atoms with Gasteiger partial charge >= 0.3 is 0 Å². The predicted molar refractivity (Wildman–Crippen MR) is 78.5 cm³/mol. The molecule has 0 heterocycles. The zero-order valence-electron chi connectivity index (χ0n) is 12.8. The van der Waals surface area contributed by atoms with Crippen LogP contribution < -0.4 is 5.73 Å². The lowest BCUT2D eigenvalue weighted by molar-refractivity contribution is -0.141. The van der Waals surface area contributed by atoms with Crippen LogP contribution in [-0.4, -0.2) is 30.9 Å². The summed E-state index contributed by atoms with van der Waals surface area (Å²) in [7, 11) is 1.92. The van der Waals surface area contributed by atoms with Crippen molar-refractivity contribution in [3.63, 3.8) is 0 Å². The van der Waals surface area contributed by atoms with E-state index in [-0.39, 0.29) is 11.3 Å². The molecular formula is C15H32N2O. The Balaban J connectivity index is 4.61. The maximum Gasteiger partial charge on any atom is 0.229 e. The second kappa shape index (κ2) is 9.37. The molecule has 0 rings (SSSR count). The van der Waals surface area contributed by atoms with Crippen LogP contribution in [0.4, 0.5) is 0 Å². The molecule has 0 spiro atoms. The van der Waals surface area contributed by atoms with Crippen LogP contribution >= 0.6 is 0 Å². The number of nitrogens with zero attached hydrogens (tertiary/aromatic N) is 1. The molecule has 0 fully saturated rings. The normalized spacial score (nSPS) is 11.6. The van der Waals surface area contributed by atoms with E-state index >= 15 is 0 Å². The van der Waals surface area contributed by atoms with Gasteiger partial charge in [0.1, 0.15) is 0 Å². The predicted octanol–water partition coefficient (Wildman–Crippen LogP) is 3.18. The highest BCUT2D eigenvalue weighted by molar-refractivity contribution is 5.82. The smallest absolute Gasteiger partial charge is 0.229 e. The zero-order chi connectivity index (χ0) is 14.0. The van der Waals surface area contributed by atoms with E-state index in [1.54, 1.807) is 0 Å². The molecule has 0 saturated carbocycles. The van der Waals surface area contributed by atoms with Gasteiger partial charge in [-0.3, -0.25) is 4.79 Å². The minimum absolute atomic E-state index is 0.254. The summed E-state index contributed by atoms with van der Waals surface area (Å²) in [5, 5.41) is 0. The van der Waals surface area contributed by atoms with Gasteiger partial charge in [-0.25, -0.2) is 0 Å². The van der Waals surface area contributed by atoms with Gasteiger partial charge in [0.05, 0.1) is 5.41 Å². The van der Waals surface area contributed by atoms with Gasteiger partial charge in [-0.1, -0.05) is 46.5 Å². The Hall–Kier alpha value is -0.570. The van der Waals surface area contributed by atoms with Crippen molar-refractivity contribution in [3.8, 4) is 0 Å². The standard InChI is InChI=1S/C15H32N2O/c1-5-8-9-12-17(4)14(18)15(13-16,10-6-2)11-7-3/h5-13,16H2,1-4H3. The number of nitrogens with two attached hydrogens (primary N) is 1. The topological polar surface area (TPSA) is 46.3 Å². The number of carbonyl (C=O) groups is 1. The summed E-state index contributed by atoms with van der Waals surface area (Å²) in [5.41, 5.74) is 5.61. The van der Waals surface area contributed by atoms with Crippen LogP contribution in [0.1, 0.15) is 65.7 Å². The minimum atomic E-state index is -0.315. The highest BCUT2D eigenvalue weighted by Crippen LogP contribution is 2.31. The summed E-state index contributed by atoms with van der Waals surface area (Å²) in [6.07, 6.45) is 7.33. The summed E-state index contributed by atoms with van der Waals surface area (Å²) in [4.78, 5) is 14.5. The van der Waals surface area contributed by atoms with Crippen molar-refractivity contribution in [1.29, 1.82) is 0 Å². The molecule has 0 saturated heterocycles. The molecular weight excluding hydrogens is 224 g/mol. The molecule has 1 amide bonds. The number of unbranched alkanes of at least 4 members (excludes halogenated alkanes) is 2. The van der Waals surface area contributed by atoms with E-state index in [1.807, 2.05) is 11.9 Å². The Kier molecular flexibility index (Phi) is 9.08. The number of hydrogen-bond donors (Lipinski definition) is 1. The molecule has 0 aliphatic heterocycles. The first-order chi connectivity index (χ1) is 8.57. The molecule has 108 valence electrons. The van der Waals surface area contributed by atoms with E-state index < -0.39 is 0 Å². The maximum absolute atomic E-state index is 12.6. The zero-order valence-corrected chi connectivity index (χ0v) is 12.8. The first-order valence-corrected chi connectivity index (χ1v) is 7.53. The monoisotopic (exact) mass is 256 g/mol. The molecule has 0 radical (unpaired) electrons. The van der Waals surface area contributed by atoms with Gasteiger partial charge in [-0.2, -0.15) is 0 Å². The molecule has 0 aliphatic carbocycles. The first-order valence-electron chi connectivity index (χ1n) is 7.53. The Morgan fingerprint density at radius 1 is 1.06 bits per heavy atom. The third-order valence-electron chi connectivity index (χ3n) is 3.75. The fraction of sp³-hybridized carbons (Fsp3) is 0.933. The molecule has 3 nitrogen and oxygen atoms in total. The van der Waals surface area contributed by atoms with Crippen molar-refractivity contribution < 1.29 is 4.79 Å².